The number of aryl methyl sites for hydroxylation is 2. The Morgan fingerprint density at radius 1 is 0.472 bits per heavy atom. The van der Waals surface area contributed by atoms with Gasteiger partial charge in [-0.3, -0.25) is 0 Å². The molecule has 9 rings (SSSR count). The van der Waals surface area contributed by atoms with Gasteiger partial charge in [0, 0.05) is 13.8 Å². The zero-order valence-electron chi connectivity index (χ0n) is 36.3. The Bertz CT molecular complexity index is 2720. The first-order valence-corrected chi connectivity index (χ1v) is 26.2. The van der Waals surface area contributed by atoms with Crippen LogP contribution in [0.5, 0.6) is 23.0 Å². The number of rotatable bonds is 5. The van der Waals surface area contributed by atoms with Gasteiger partial charge in [0.15, 0.2) is 8.07 Å². The molecule has 0 aliphatic carbocycles. The summed E-state index contributed by atoms with van der Waals surface area (Å²) in [5.74, 6) is 2.76. The minimum Gasteiger partial charge on any atom is -0.458 e. The van der Waals surface area contributed by atoms with Crippen LogP contribution in [-0.2, 0) is 0 Å². The van der Waals surface area contributed by atoms with Gasteiger partial charge in [0.25, 0.3) is 0 Å². The minimum absolute atomic E-state index is 0.184. The summed E-state index contributed by atoms with van der Waals surface area (Å²) in [6, 6.07) is 53.7. The van der Waals surface area contributed by atoms with Crippen LogP contribution < -0.4 is 51.0 Å². The third-order valence-corrected chi connectivity index (χ3v) is 23.3. The number of para-hydroxylation sites is 2. The van der Waals surface area contributed by atoms with Gasteiger partial charge in [0.1, 0.15) is 39.1 Å². The van der Waals surface area contributed by atoms with Gasteiger partial charge in [-0.15, -0.1) is 0 Å². The van der Waals surface area contributed by atoms with Crippen LogP contribution in [0.15, 0.2) is 158 Å². The Kier molecular flexibility index (Phi) is 6.43. The number of fused-ring (bicyclic) bond motifs is 4. The van der Waals surface area contributed by atoms with Gasteiger partial charge < -0.3 is 9.47 Å². The lowest BCUT2D eigenvalue weighted by atomic mass is 9.99. The van der Waals surface area contributed by atoms with Crippen LogP contribution in [0.2, 0.25) is 26.2 Å². The maximum atomic E-state index is 8.83. The molecule has 0 aromatic heterocycles. The molecule has 7 aromatic rings. The predicted molar refractivity (Wildman–Crippen MR) is 231 cm³/mol. The molecule has 53 heavy (non-hydrogen) atoms. The average Bonchev–Trinajstić information content (AvgIpc) is 3.21. The zero-order valence-corrected chi connectivity index (χ0v) is 33.3. The Balaban J connectivity index is 1.35. The molecule has 0 radical (unpaired) electrons. The predicted octanol–water partition coefficient (Wildman–Crippen LogP) is 7.20. The molecule has 2 aliphatic heterocycles. The van der Waals surface area contributed by atoms with Gasteiger partial charge in [-0.1, -0.05) is 172 Å². The van der Waals surface area contributed by atoms with E-state index < -0.39 is 37.9 Å². The minimum atomic E-state index is -3.28. The third-order valence-electron chi connectivity index (χ3n) is 11.6. The highest BCUT2D eigenvalue weighted by Gasteiger charge is 2.47. The molecule has 0 unspecified atom stereocenters. The number of ether oxygens (including phenoxy) is 2. The molecule has 2 nitrogen and oxygen atoms in total. The molecular weight excluding hydrogens is 693 g/mol. The van der Waals surface area contributed by atoms with E-state index in [2.05, 4.69) is 123 Å². The molecule has 260 valence electrons. The van der Waals surface area contributed by atoms with Crippen LogP contribution >= 0.6 is 0 Å². The molecule has 0 atom stereocenters. The summed E-state index contributed by atoms with van der Waals surface area (Å²) >= 11 is 0. The largest absolute Gasteiger partial charge is 0.458 e. The average molecular weight is 743 g/mol. The summed E-state index contributed by atoms with van der Waals surface area (Å²) in [4.78, 5) is 0. The Hall–Kier alpha value is -5.21. The van der Waals surface area contributed by atoms with Crippen molar-refractivity contribution in [2.24, 2.45) is 0 Å². The van der Waals surface area contributed by atoms with Gasteiger partial charge in [-0.25, -0.2) is 0 Å². The summed E-state index contributed by atoms with van der Waals surface area (Å²) < 4.78 is 64.9. The smallest absolute Gasteiger partial charge is 0.183 e. The first-order valence-electron chi connectivity index (χ1n) is 21.2. The molecule has 0 fully saturated rings. The molecule has 5 heteroatoms. The van der Waals surface area contributed by atoms with Crippen molar-refractivity contribution in [3.8, 4) is 34.1 Å². The lowest BCUT2D eigenvalue weighted by Gasteiger charge is -2.40. The summed E-state index contributed by atoms with van der Waals surface area (Å²) in [6.45, 7) is 4.41. The van der Waals surface area contributed by atoms with Crippen molar-refractivity contribution in [1.82, 2.24) is 0 Å². The lowest BCUT2D eigenvalue weighted by molar-refractivity contribution is 0.487. The maximum absolute atomic E-state index is 8.83. The fraction of sp³-hybridized carbons (Fsp3) is 0.125. The SMILES string of the molecule is [2H]C([2H])([2H])c1ccc2c(c1)Oc1c(ccc(C([2H])([2H])[2H])c1-c1cccc([Si](c3ccccc3)(c3ccccc3)c3cccc4c3Oc3ccccc3[Si]4(C)C)c1)[Si]2(C)C. The molecule has 2 heterocycles. The van der Waals surface area contributed by atoms with E-state index in [0.29, 0.717) is 17.1 Å². The Morgan fingerprint density at radius 2 is 1.06 bits per heavy atom. The van der Waals surface area contributed by atoms with Crippen molar-refractivity contribution in [2.75, 3.05) is 0 Å². The monoisotopic (exact) mass is 742 g/mol. The van der Waals surface area contributed by atoms with Crippen LogP contribution in [0.4, 0.5) is 0 Å². The van der Waals surface area contributed by atoms with Crippen LogP contribution in [0.25, 0.3) is 11.1 Å². The number of hydrogen-bond acceptors (Lipinski definition) is 2. The second kappa shape index (κ2) is 12.4. The van der Waals surface area contributed by atoms with Crippen molar-refractivity contribution >= 4 is 65.7 Å². The first kappa shape index (κ1) is 27.4. The summed E-state index contributed by atoms with van der Waals surface area (Å²) in [7, 11) is -8.03. The normalized spacial score (nSPS) is 17.0. The van der Waals surface area contributed by atoms with E-state index in [1.54, 1.807) is 18.2 Å². The van der Waals surface area contributed by atoms with Crippen molar-refractivity contribution < 1.29 is 17.7 Å². The third kappa shape index (κ3) is 5.09. The maximum Gasteiger partial charge on any atom is 0.183 e. The molecule has 7 aromatic carbocycles. The Morgan fingerprint density at radius 3 is 1.77 bits per heavy atom. The molecular formula is C48H44O2Si3. The molecule has 0 spiro atoms. The fourth-order valence-electron chi connectivity index (χ4n) is 8.86. The van der Waals surface area contributed by atoms with Crippen LogP contribution in [0, 0.1) is 13.7 Å². The van der Waals surface area contributed by atoms with Gasteiger partial charge >= 0.3 is 0 Å². The quantitative estimate of drug-likeness (QED) is 0.137. The van der Waals surface area contributed by atoms with Crippen LogP contribution in [0.1, 0.15) is 19.4 Å². The Labute approximate surface area is 325 Å². The van der Waals surface area contributed by atoms with Gasteiger partial charge in [0.05, 0.1) is 0 Å². The van der Waals surface area contributed by atoms with E-state index in [1.165, 1.54) is 20.7 Å². The standard InChI is InChI=1S/C48H44O2Si3/c1-33-27-29-42-40(31-33)50-48-44(52(42,5)6)30-28-34(2)46(48)35-17-15-22-38(32-35)53(36-18-9-7-10-19-36,37-20-11-8-12-21-37)45-26-16-25-43-47(45)49-39-23-13-14-24-41(39)51(43,3)4/h7-32H,1-6H3/i1D3,2D3. The molecule has 0 amide bonds. The highest BCUT2D eigenvalue weighted by atomic mass is 28.3. The second-order valence-corrected chi connectivity index (χ2v) is 27.7. The summed E-state index contributed by atoms with van der Waals surface area (Å²) in [5, 5.41) is 8.97. The van der Waals surface area contributed by atoms with Crippen LogP contribution in [0.3, 0.4) is 0 Å². The topological polar surface area (TPSA) is 18.5 Å². The highest BCUT2D eigenvalue weighted by molar-refractivity contribution is 7.20. The van der Waals surface area contributed by atoms with Gasteiger partial charge in [-0.2, -0.15) is 0 Å². The van der Waals surface area contributed by atoms with E-state index in [1.807, 2.05) is 42.5 Å². The van der Waals surface area contributed by atoms with Crippen molar-refractivity contribution in [2.45, 2.75) is 39.9 Å². The molecule has 2 aliphatic rings. The van der Waals surface area contributed by atoms with Crippen LogP contribution in [-0.4, -0.2) is 24.2 Å². The van der Waals surface area contributed by atoms with Crippen molar-refractivity contribution in [1.29, 1.82) is 0 Å². The second-order valence-electron chi connectivity index (χ2n) is 15.3. The molecule has 0 bridgehead atoms. The molecule has 0 saturated heterocycles. The number of benzene rings is 7. The lowest BCUT2D eigenvalue weighted by Crippen LogP contribution is -2.75. The van der Waals surface area contributed by atoms with E-state index in [4.69, 9.17) is 17.7 Å². The van der Waals surface area contributed by atoms with E-state index in [9.17, 15) is 0 Å². The summed E-state index contributed by atoms with van der Waals surface area (Å²) in [5.41, 5.74) is 1.60. The zero-order chi connectivity index (χ0) is 41.5. The molecule has 0 saturated carbocycles. The first-order chi connectivity index (χ1) is 28.0. The van der Waals surface area contributed by atoms with E-state index in [0.717, 1.165) is 37.8 Å². The molecule has 0 N–H and O–H groups in total. The summed E-state index contributed by atoms with van der Waals surface area (Å²) in [6.07, 6.45) is 0. The van der Waals surface area contributed by atoms with Gasteiger partial charge in [-0.05, 0) is 84.0 Å². The van der Waals surface area contributed by atoms with Crippen molar-refractivity contribution in [3.05, 3.63) is 169 Å². The van der Waals surface area contributed by atoms with E-state index >= 15 is 0 Å². The van der Waals surface area contributed by atoms with E-state index in [-0.39, 0.29) is 11.1 Å². The van der Waals surface area contributed by atoms with Gasteiger partial charge in [0.2, 0.25) is 0 Å². The fourth-order valence-corrected chi connectivity index (χ4v) is 19.5. The highest BCUT2D eigenvalue weighted by Crippen LogP contribution is 2.39. The van der Waals surface area contributed by atoms with Crippen molar-refractivity contribution in [3.63, 3.8) is 0 Å². The number of hydrogen-bond donors (Lipinski definition) is 0.